The molecule has 0 spiro atoms. The molecule has 2 aromatic rings. The number of ether oxygens (including phenoxy) is 1. The van der Waals surface area contributed by atoms with Crippen LogP contribution in [0.2, 0.25) is 0 Å². The molecule has 0 aromatic heterocycles. The lowest BCUT2D eigenvalue weighted by Crippen LogP contribution is -2.36. The quantitative estimate of drug-likeness (QED) is 0.256. The van der Waals surface area contributed by atoms with E-state index in [-0.39, 0.29) is 30.6 Å². The van der Waals surface area contributed by atoms with Crippen LogP contribution in [0.5, 0.6) is 5.75 Å². The van der Waals surface area contributed by atoms with Gasteiger partial charge in [0.1, 0.15) is 12.4 Å². The first kappa shape index (κ1) is 23.7. The molecule has 2 heterocycles. The zero-order valence-corrected chi connectivity index (χ0v) is 19.4. The molecule has 9 nitrogen and oxygen atoms in total. The maximum Gasteiger partial charge on any atom is 0.409 e. The first-order valence-electron chi connectivity index (χ1n) is 11.3. The van der Waals surface area contributed by atoms with Crippen LogP contribution in [0.15, 0.2) is 48.5 Å². The third-order valence-electron chi connectivity index (χ3n) is 5.82. The highest BCUT2D eigenvalue weighted by Gasteiger charge is 2.42. The number of hydrogen-bond acceptors (Lipinski definition) is 5. The number of hydrogen-bond donors (Lipinski definition) is 5. The second-order valence-electron chi connectivity index (χ2n) is 8.33. The van der Waals surface area contributed by atoms with E-state index in [0.717, 1.165) is 30.6 Å². The predicted molar refractivity (Wildman–Crippen MR) is 131 cm³/mol. The fourth-order valence-electron chi connectivity index (χ4n) is 4.17. The number of thioether (sulfide) groups is 1. The van der Waals surface area contributed by atoms with E-state index in [4.69, 9.17) is 9.84 Å². The molecule has 2 aliphatic rings. The number of carbonyl (C=O) groups is 3. The van der Waals surface area contributed by atoms with Crippen molar-refractivity contribution in [2.45, 2.75) is 49.6 Å². The fourth-order valence-corrected chi connectivity index (χ4v) is 5.71. The second-order valence-corrected chi connectivity index (χ2v) is 9.60. The van der Waals surface area contributed by atoms with Crippen molar-refractivity contribution in [3.05, 3.63) is 54.1 Å². The predicted octanol–water partition coefficient (Wildman–Crippen LogP) is 4.02. The smallest absolute Gasteiger partial charge is 0.409 e. The van der Waals surface area contributed by atoms with E-state index in [1.54, 1.807) is 18.2 Å². The molecule has 3 unspecified atom stereocenters. The molecule has 0 radical (unpaired) electrons. The molecular weight excluding hydrogens is 456 g/mol. The molecule has 0 aliphatic carbocycles. The molecule has 2 aliphatic heterocycles. The number of urea groups is 1. The summed E-state index contributed by atoms with van der Waals surface area (Å²) in [5, 5.41) is 20.5. The average Bonchev–Trinajstić information content (AvgIpc) is 3.36. The Labute approximate surface area is 202 Å². The van der Waals surface area contributed by atoms with Gasteiger partial charge in [-0.25, -0.2) is 9.59 Å². The molecule has 0 bridgehead atoms. The van der Waals surface area contributed by atoms with E-state index in [9.17, 15) is 14.4 Å². The summed E-state index contributed by atoms with van der Waals surface area (Å²) in [5.74, 6) is 1.19. The van der Waals surface area contributed by atoms with Crippen LogP contribution in [0.3, 0.4) is 0 Å². The minimum atomic E-state index is -1.18. The molecule has 2 fully saturated rings. The van der Waals surface area contributed by atoms with Crippen molar-refractivity contribution in [1.29, 1.82) is 0 Å². The number of carboxylic acid groups (broad SMARTS) is 1. The zero-order chi connectivity index (χ0) is 23.9. The van der Waals surface area contributed by atoms with Crippen LogP contribution in [0.25, 0.3) is 0 Å². The third kappa shape index (κ3) is 6.34. The highest BCUT2D eigenvalue weighted by molar-refractivity contribution is 8.00. The average molecular weight is 485 g/mol. The van der Waals surface area contributed by atoms with Gasteiger partial charge >= 0.3 is 12.1 Å². The minimum absolute atomic E-state index is 0.0884. The SMILES string of the molecule is O=C(O)Nc1ccc(NC(=O)CCCCC2SCC3NC(=O)NC32)c(OCc2ccccc2)c1. The minimum Gasteiger partial charge on any atom is -0.487 e. The second kappa shape index (κ2) is 11.1. The Balaban J connectivity index is 1.29. The van der Waals surface area contributed by atoms with Gasteiger partial charge in [-0.05, 0) is 30.5 Å². The van der Waals surface area contributed by atoms with Crippen molar-refractivity contribution < 1.29 is 24.2 Å². The molecule has 2 saturated heterocycles. The maximum absolute atomic E-state index is 12.6. The molecule has 0 saturated carbocycles. The molecular formula is C24H28N4O5S. The lowest BCUT2D eigenvalue weighted by atomic mass is 10.0. The van der Waals surface area contributed by atoms with Crippen molar-refractivity contribution in [3.63, 3.8) is 0 Å². The molecule has 2 aromatic carbocycles. The van der Waals surface area contributed by atoms with Crippen molar-refractivity contribution in [3.8, 4) is 5.75 Å². The van der Waals surface area contributed by atoms with Crippen LogP contribution in [0.1, 0.15) is 31.2 Å². The van der Waals surface area contributed by atoms with Gasteiger partial charge in [0.15, 0.2) is 0 Å². The van der Waals surface area contributed by atoms with E-state index in [1.165, 1.54) is 0 Å². The van der Waals surface area contributed by atoms with Crippen molar-refractivity contribution in [2.24, 2.45) is 0 Å². The largest absolute Gasteiger partial charge is 0.487 e. The summed E-state index contributed by atoms with van der Waals surface area (Å²) in [5.41, 5.74) is 1.80. The van der Waals surface area contributed by atoms with Crippen molar-refractivity contribution in [2.75, 3.05) is 16.4 Å². The Morgan fingerprint density at radius 1 is 1.09 bits per heavy atom. The summed E-state index contributed by atoms with van der Waals surface area (Å²) in [4.78, 5) is 35.1. The lowest BCUT2D eigenvalue weighted by Gasteiger charge is -2.16. The van der Waals surface area contributed by atoms with Crippen LogP contribution >= 0.6 is 11.8 Å². The van der Waals surface area contributed by atoms with Crippen molar-refractivity contribution >= 4 is 41.2 Å². The highest BCUT2D eigenvalue weighted by Crippen LogP contribution is 2.33. The Morgan fingerprint density at radius 3 is 2.71 bits per heavy atom. The Bertz CT molecular complexity index is 1040. The van der Waals surface area contributed by atoms with Crippen LogP contribution in [-0.4, -0.2) is 46.2 Å². The van der Waals surface area contributed by atoms with Crippen LogP contribution in [0.4, 0.5) is 21.0 Å². The summed E-state index contributed by atoms with van der Waals surface area (Å²) < 4.78 is 5.90. The molecule has 10 heteroatoms. The lowest BCUT2D eigenvalue weighted by molar-refractivity contribution is -0.116. The van der Waals surface area contributed by atoms with E-state index in [2.05, 4.69) is 21.3 Å². The Hall–Kier alpha value is -3.40. The van der Waals surface area contributed by atoms with E-state index in [1.807, 2.05) is 42.1 Å². The molecule has 3 atom stereocenters. The molecule has 4 rings (SSSR count). The standard InChI is InChI=1S/C24H28N4O5S/c29-21(9-5-4-8-20-22-18(14-34-20)27-23(30)28-22)26-17-11-10-16(25-24(31)32)12-19(17)33-13-15-6-2-1-3-7-15/h1-3,6-7,10-12,18,20,22,25H,4-5,8-9,13-14H2,(H,26,29)(H,31,32)(H2,27,28,30). The summed E-state index contributed by atoms with van der Waals surface area (Å²) in [7, 11) is 0. The number of carbonyl (C=O) groups excluding carboxylic acids is 2. The number of fused-ring (bicyclic) bond motifs is 1. The fraction of sp³-hybridized carbons (Fsp3) is 0.375. The van der Waals surface area contributed by atoms with Gasteiger partial charge in [-0.15, -0.1) is 0 Å². The Kier molecular flexibility index (Phi) is 7.79. The number of nitrogens with one attached hydrogen (secondary N) is 4. The molecule has 180 valence electrons. The zero-order valence-electron chi connectivity index (χ0n) is 18.6. The van der Waals surface area contributed by atoms with Gasteiger partial charge in [-0.3, -0.25) is 10.1 Å². The van der Waals surface area contributed by atoms with E-state index < -0.39 is 6.09 Å². The number of amides is 4. The molecule has 34 heavy (non-hydrogen) atoms. The molecule has 4 amide bonds. The van der Waals surface area contributed by atoms with Crippen LogP contribution in [-0.2, 0) is 11.4 Å². The molecule has 5 N–H and O–H groups in total. The van der Waals surface area contributed by atoms with Gasteiger partial charge in [-0.2, -0.15) is 11.8 Å². The number of unbranched alkanes of at least 4 members (excludes halogenated alkanes) is 1. The van der Waals surface area contributed by atoms with Gasteiger partial charge in [0.25, 0.3) is 0 Å². The van der Waals surface area contributed by atoms with Gasteiger partial charge in [0.05, 0.1) is 17.8 Å². The summed E-state index contributed by atoms with van der Waals surface area (Å²) in [6, 6.07) is 14.6. The van der Waals surface area contributed by atoms with E-state index >= 15 is 0 Å². The third-order valence-corrected chi connectivity index (χ3v) is 7.33. The monoisotopic (exact) mass is 484 g/mol. The van der Waals surface area contributed by atoms with Gasteiger partial charge < -0.3 is 25.8 Å². The van der Waals surface area contributed by atoms with Gasteiger partial charge in [0.2, 0.25) is 5.91 Å². The van der Waals surface area contributed by atoms with Crippen molar-refractivity contribution in [1.82, 2.24) is 10.6 Å². The maximum atomic E-state index is 12.6. The van der Waals surface area contributed by atoms with E-state index in [0.29, 0.717) is 28.8 Å². The topological polar surface area (TPSA) is 129 Å². The summed E-state index contributed by atoms with van der Waals surface area (Å²) in [6.07, 6.45) is 1.76. The van der Waals surface area contributed by atoms with Crippen LogP contribution < -0.4 is 26.0 Å². The Morgan fingerprint density at radius 2 is 1.91 bits per heavy atom. The number of anilines is 2. The normalized spacial score (nSPS) is 20.7. The highest BCUT2D eigenvalue weighted by atomic mass is 32.2. The number of benzene rings is 2. The first-order valence-corrected chi connectivity index (χ1v) is 12.3. The summed E-state index contributed by atoms with van der Waals surface area (Å²) >= 11 is 1.87. The van der Waals surface area contributed by atoms with Gasteiger partial charge in [-0.1, -0.05) is 36.8 Å². The van der Waals surface area contributed by atoms with Crippen LogP contribution in [0, 0.1) is 0 Å². The first-order chi connectivity index (χ1) is 16.5. The summed E-state index contributed by atoms with van der Waals surface area (Å²) in [6.45, 7) is 0.285. The number of rotatable bonds is 10. The van der Waals surface area contributed by atoms with Gasteiger partial charge in [0, 0.05) is 29.2 Å².